The minimum absolute atomic E-state index is 0.426. The molecule has 106 valence electrons. The lowest BCUT2D eigenvalue weighted by molar-refractivity contribution is -0.0215. The van der Waals surface area contributed by atoms with Crippen LogP contribution in [0, 0.1) is 11.8 Å². The van der Waals surface area contributed by atoms with Crippen molar-refractivity contribution in [2.75, 3.05) is 0 Å². The van der Waals surface area contributed by atoms with Crippen molar-refractivity contribution < 1.29 is 5.11 Å². The Morgan fingerprint density at radius 3 is 2.53 bits per heavy atom. The van der Waals surface area contributed by atoms with Gasteiger partial charge in [-0.3, -0.25) is 0 Å². The lowest BCUT2D eigenvalue weighted by Gasteiger charge is -2.36. The van der Waals surface area contributed by atoms with Crippen LogP contribution in [-0.2, 0) is 12.0 Å². The fourth-order valence-electron chi connectivity index (χ4n) is 3.38. The Morgan fingerprint density at radius 2 is 1.89 bits per heavy atom. The molecule has 1 aromatic rings. The predicted octanol–water partition coefficient (Wildman–Crippen LogP) is 4.67. The van der Waals surface area contributed by atoms with E-state index in [-0.39, 0.29) is 0 Å². The Labute approximate surface area is 118 Å². The minimum atomic E-state index is -0.659. The molecule has 1 N–H and O–H groups in total. The van der Waals surface area contributed by atoms with Gasteiger partial charge in [0, 0.05) is 0 Å². The van der Waals surface area contributed by atoms with Crippen LogP contribution in [0.25, 0.3) is 0 Å². The third-order valence-electron chi connectivity index (χ3n) is 4.56. The van der Waals surface area contributed by atoms with Crippen molar-refractivity contribution in [2.45, 2.75) is 64.9 Å². The van der Waals surface area contributed by atoms with E-state index in [0.717, 1.165) is 12.0 Å². The molecule has 1 aliphatic carbocycles. The molecule has 0 radical (unpaired) electrons. The Morgan fingerprint density at radius 1 is 1.21 bits per heavy atom. The highest BCUT2D eigenvalue weighted by molar-refractivity contribution is 5.29. The number of hydrogen-bond donors (Lipinski definition) is 1. The van der Waals surface area contributed by atoms with E-state index in [1.165, 1.54) is 37.7 Å². The molecule has 0 saturated heterocycles. The summed E-state index contributed by atoms with van der Waals surface area (Å²) in [6.07, 6.45) is 7.30. The number of hydrogen-bond acceptors (Lipinski definition) is 1. The topological polar surface area (TPSA) is 20.2 Å². The normalized spacial score (nSPS) is 20.5. The van der Waals surface area contributed by atoms with Crippen molar-refractivity contribution in [3.05, 3.63) is 35.4 Å². The Bertz CT molecular complexity index is 400. The van der Waals surface area contributed by atoms with E-state index in [1.807, 2.05) is 6.92 Å². The summed E-state index contributed by atoms with van der Waals surface area (Å²) in [7, 11) is 0. The molecule has 19 heavy (non-hydrogen) atoms. The zero-order chi connectivity index (χ0) is 13.9. The Balaban J connectivity index is 2.18. The van der Waals surface area contributed by atoms with Crippen LogP contribution < -0.4 is 0 Å². The van der Waals surface area contributed by atoms with Gasteiger partial charge in [0.2, 0.25) is 0 Å². The van der Waals surface area contributed by atoms with Crippen LogP contribution in [0.15, 0.2) is 24.3 Å². The number of benzene rings is 1. The third-order valence-corrected chi connectivity index (χ3v) is 4.56. The molecule has 1 aliphatic rings. The predicted molar refractivity (Wildman–Crippen MR) is 81.1 cm³/mol. The van der Waals surface area contributed by atoms with Gasteiger partial charge < -0.3 is 5.11 Å². The SMILES string of the molecule is CC(C)Cc1cccc(C(C)(O)C2CCCCC2)c1. The fraction of sp³-hybridized carbons (Fsp3) is 0.667. The van der Waals surface area contributed by atoms with Gasteiger partial charge in [-0.05, 0) is 49.1 Å². The molecular weight excluding hydrogens is 232 g/mol. The summed E-state index contributed by atoms with van der Waals surface area (Å²) in [5.41, 5.74) is 1.80. The van der Waals surface area contributed by atoms with Gasteiger partial charge in [0.05, 0.1) is 5.60 Å². The van der Waals surface area contributed by atoms with Gasteiger partial charge in [-0.1, -0.05) is 57.4 Å². The Kier molecular flexibility index (Phi) is 4.67. The number of aliphatic hydroxyl groups is 1. The zero-order valence-corrected chi connectivity index (χ0v) is 12.7. The summed E-state index contributed by atoms with van der Waals surface area (Å²) in [6, 6.07) is 8.60. The van der Waals surface area contributed by atoms with Gasteiger partial charge in [0.25, 0.3) is 0 Å². The molecule has 1 nitrogen and oxygen atoms in total. The highest BCUT2D eigenvalue weighted by atomic mass is 16.3. The molecular formula is C18H28O. The van der Waals surface area contributed by atoms with E-state index in [0.29, 0.717) is 11.8 Å². The van der Waals surface area contributed by atoms with E-state index >= 15 is 0 Å². The maximum absolute atomic E-state index is 11.0. The monoisotopic (exact) mass is 260 g/mol. The first kappa shape index (κ1) is 14.6. The number of rotatable bonds is 4. The molecule has 1 fully saturated rings. The van der Waals surface area contributed by atoms with Crippen LogP contribution in [0.1, 0.15) is 64.0 Å². The maximum Gasteiger partial charge on any atom is 0.0896 e. The second kappa shape index (κ2) is 6.09. The first-order chi connectivity index (χ1) is 9.00. The van der Waals surface area contributed by atoms with Crippen LogP contribution in [-0.4, -0.2) is 5.11 Å². The van der Waals surface area contributed by atoms with E-state index in [2.05, 4.69) is 38.1 Å². The summed E-state index contributed by atoms with van der Waals surface area (Å²) in [6.45, 7) is 6.50. The van der Waals surface area contributed by atoms with Crippen LogP contribution in [0.5, 0.6) is 0 Å². The van der Waals surface area contributed by atoms with Crippen LogP contribution >= 0.6 is 0 Å². The fourth-order valence-corrected chi connectivity index (χ4v) is 3.38. The Hall–Kier alpha value is -0.820. The molecule has 0 spiro atoms. The molecule has 1 atom stereocenters. The largest absolute Gasteiger partial charge is 0.385 e. The van der Waals surface area contributed by atoms with Crippen LogP contribution in [0.4, 0.5) is 0 Å². The lowest BCUT2D eigenvalue weighted by Crippen LogP contribution is -2.33. The third kappa shape index (κ3) is 3.60. The molecule has 0 bridgehead atoms. The molecule has 1 aromatic carbocycles. The molecule has 0 aromatic heterocycles. The average molecular weight is 260 g/mol. The standard InChI is InChI=1S/C18H28O/c1-14(2)12-15-8-7-11-17(13-15)18(3,19)16-9-5-4-6-10-16/h7-8,11,13-14,16,19H,4-6,9-10,12H2,1-3H3. The molecule has 0 aliphatic heterocycles. The molecule has 1 saturated carbocycles. The smallest absolute Gasteiger partial charge is 0.0896 e. The summed E-state index contributed by atoms with van der Waals surface area (Å²) < 4.78 is 0. The van der Waals surface area contributed by atoms with Crippen molar-refractivity contribution in [1.82, 2.24) is 0 Å². The van der Waals surface area contributed by atoms with Gasteiger partial charge in [-0.25, -0.2) is 0 Å². The van der Waals surface area contributed by atoms with Crippen molar-refractivity contribution in [3.63, 3.8) is 0 Å². The molecule has 2 rings (SSSR count). The summed E-state index contributed by atoms with van der Waals surface area (Å²) >= 11 is 0. The van der Waals surface area contributed by atoms with E-state index in [9.17, 15) is 5.11 Å². The summed E-state index contributed by atoms with van der Waals surface area (Å²) in [5, 5.41) is 11.0. The second-order valence-corrected chi connectivity index (χ2v) is 6.78. The quantitative estimate of drug-likeness (QED) is 0.834. The molecule has 0 heterocycles. The minimum Gasteiger partial charge on any atom is -0.385 e. The van der Waals surface area contributed by atoms with E-state index in [4.69, 9.17) is 0 Å². The second-order valence-electron chi connectivity index (χ2n) is 6.78. The highest BCUT2D eigenvalue weighted by Gasteiger charge is 2.34. The van der Waals surface area contributed by atoms with Gasteiger partial charge >= 0.3 is 0 Å². The van der Waals surface area contributed by atoms with Crippen LogP contribution in [0.2, 0.25) is 0 Å². The van der Waals surface area contributed by atoms with Crippen molar-refractivity contribution in [3.8, 4) is 0 Å². The van der Waals surface area contributed by atoms with Crippen LogP contribution in [0.3, 0.4) is 0 Å². The maximum atomic E-state index is 11.0. The summed E-state index contributed by atoms with van der Waals surface area (Å²) in [4.78, 5) is 0. The summed E-state index contributed by atoms with van der Waals surface area (Å²) in [5.74, 6) is 1.09. The molecule has 0 amide bonds. The molecule has 1 unspecified atom stereocenters. The zero-order valence-electron chi connectivity index (χ0n) is 12.7. The average Bonchev–Trinajstić information content (AvgIpc) is 2.39. The highest BCUT2D eigenvalue weighted by Crippen LogP contribution is 2.39. The van der Waals surface area contributed by atoms with Gasteiger partial charge in [-0.2, -0.15) is 0 Å². The lowest BCUT2D eigenvalue weighted by atomic mass is 9.74. The van der Waals surface area contributed by atoms with Gasteiger partial charge in [-0.15, -0.1) is 0 Å². The molecule has 1 heteroatoms. The van der Waals surface area contributed by atoms with E-state index in [1.54, 1.807) is 0 Å². The van der Waals surface area contributed by atoms with E-state index < -0.39 is 5.60 Å². The van der Waals surface area contributed by atoms with Gasteiger partial charge in [0.15, 0.2) is 0 Å². The first-order valence-corrected chi connectivity index (χ1v) is 7.82. The van der Waals surface area contributed by atoms with Crippen molar-refractivity contribution in [1.29, 1.82) is 0 Å². The van der Waals surface area contributed by atoms with Crippen molar-refractivity contribution >= 4 is 0 Å². The van der Waals surface area contributed by atoms with Gasteiger partial charge in [0.1, 0.15) is 0 Å². The van der Waals surface area contributed by atoms with Crippen molar-refractivity contribution in [2.24, 2.45) is 11.8 Å². The first-order valence-electron chi connectivity index (χ1n) is 7.82.